The molecule has 0 fully saturated rings. The number of para-hydroxylation sites is 1. The number of rotatable bonds is 5. The highest BCUT2D eigenvalue weighted by Gasteiger charge is 2.28. The summed E-state index contributed by atoms with van der Waals surface area (Å²) >= 11 is 1.49. The molecule has 0 saturated heterocycles. The number of hydrogen-bond acceptors (Lipinski definition) is 5. The number of furan rings is 1. The molecule has 31 heavy (non-hydrogen) atoms. The van der Waals surface area contributed by atoms with Crippen LogP contribution in [-0.4, -0.2) is 16.8 Å². The molecule has 0 bridgehead atoms. The molecule has 2 N–H and O–H groups in total. The Hall–Kier alpha value is -3.45. The average Bonchev–Trinajstić information content (AvgIpc) is 3.46. The van der Waals surface area contributed by atoms with Crippen LogP contribution in [0.15, 0.2) is 53.2 Å². The van der Waals surface area contributed by atoms with Gasteiger partial charge in [0.05, 0.1) is 5.56 Å². The Labute approximate surface area is 183 Å². The number of anilines is 1. The molecule has 3 aromatic heterocycles. The van der Waals surface area contributed by atoms with Crippen molar-refractivity contribution in [1.29, 1.82) is 0 Å². The van der Waals surface area contributed by atoms with Crippen molar-refractivity contribution in [2.45, 2.75) is 32.7 Å². The number of carbonyl (C=O) groups excluding carboxylic acids is 2. The van der Waals surface area contributed by atoms with Crippen molar-refractivity contribution in [3.05, 3.63) is 81.7 Å². The minimum atomic E-state index is -0.338. The standard InChI is InChI=1S/C24H21N3O3S/c1-14-16-7-2-3-9-18(16)30-21(14)23(29)27-24-20(17-8-4-10-19(17)31-24)22(28)26-13-15-6-5-11-25-12-15/h2-3,5-7,9,11-12H,4,8,10,13H2,1H3,(H,26,28)(H,27,29). The van der Waals surface area contributed by atoms with Crippen molar-refractivity contribution in [3.8, 4) is 0 Å². The molecule has 0 radical (unpaired) electrons. The van der Waals surface area contributed by atoms with Crippen LogP contribution < -0.4 is 10.6 Å². The minimum absolute atomic E-state index is 0.181. The average molecular weight is 432 g/mol. The Balaban J connectivity index is 1.42. The number of amides is 2. The maximum absolute atomic E-state index is 13.1. The third-order valence-corrected chi connectivity index (χ3v) is 6.81. The second kappa shape index (κ2) is 8.00. The highest BCUT2D eigenvalue weighted by Crippen LogP contribution is 2.39. The molecule has 1 aromatic carbocycles. The summed E-state index contributed by atoms with van der Waals surface area (Å²) in [4.78, 5) is 31.4. The van der Waals surface area contributed by atoms with E-state index in [9.17, 15) is 9.59 Å². The van der Waals surface area contributed by atoms with Crippen molar-refractivity contribution < 1.29 is 14.0 Å². The fourth-order valence-corrected chi connectivity index (χ4v) is 5.34. The van der Waals surface area contributed by atoms with E-state index < -0.39 is 0 Å². The molecule has 0 saturated carbocycles. The molecule has 6 nitrogen and oxygen atoms in total. The van der Waals surface area contributed by atoms with E-state index in [2.05, 4.69) is 15.6 Å². The molecule has 0 unspecified atom stereocenters. The molecule has 1 aliphatic rings. The van der Waals surface area contributed by atoms with E-state index in [4.69, 9.17) is 4.42 Å². The number of aryl methyl sites for hydroxylation is 2. The van der Waals surface area contributed by atoms with Gasteiger partial charge in [-0.15, -0.1) is 11.3 Å². The lowest BCUT2D eigenvalue weighted by Gasteiger charge is -2.09. The molecule has 0 spiro atoms. The van der Waals surface area contributed by atoms with Gasteiger partial charge in [0.1, 0.15) is 10.6 Å². The number of thiophene rings is 1. The number of carbonyl (C=O) groups is 2. The van der Waals surface area contributed by atoms with E-state index in [0.717, 1.165) is 41.3 Å². The van der Waals surface area contributed by atoms with E-state index in [0.29, 0.717) is 22.7 Å². The number of nitrogens with zero attached hydrogens (tertiary/aromatic N) is 1. The van der Waals surface area contributed by atoms with Gasteiger partial charge in [-0.1, -0.05) is 24.3 Å². The van der Waals surface area contributed by atoms with Crippen LogP contribution in [-0.2, 0) is 19.4 Å². The monoisotopic (exact) mass is 431 g/mol. The molecule has 0 aliphatic heterocycles. The number of nitrogens with one attached hydrogen (secondary N) is 2. The first-order valence-corrected chi connectivity index (χ1v) is 11.0. The second-order valence-corrected chi connectivity index (χ2v) is 8.72. The van der Waals surface area contributed by atoms with Gasteiger partial charge in [0.25, 0.3) is 11.8 Å². The molecule has 3 heterocycles. The van der Waals surface area contributed by atoms with E-state index in [1.54, 1.807) is 12.4 Å². The van der Waals surface area contributed by atoms with Crippen LogP contribution in [0.5, 0.6) is 0 Å². The van der Waals surface area contributed by atoms with E-state index in [-0.39, 0.29) is 17.6 Å². The molecule has 1 aliphatic carbocycles. The number of fused-ring (bicyclic) bond motifs is 2. The predicted molar refractivity (Wildman–Crippen MR) is 121 cm³/mol. The summed E-state index contributed by atoms with van der Waals surface area (Å²) in [7, 11) is 0. The van der Waals surface area contributed by atoms with E-state index >= 15 is 0 Å². The molecule has 5 rings (SSSR count). The smallest absolute Gasteiger partial charge is 0.292 e. The van der Waals surface area contributed by atoms with Crippen LogP contribution in [0.2, 0.25) is 0 Å². The molecular weight excluding hydrogens is 410 g/mol. The first-order valence-electron chi connectivity index (χ1n) is 10.2. The van der Waals surface area contributed by atoms with Crippen molar-refractivity contribution in [3.63, 3.8) is 0 Å². The Morgan fingerprint density at radius 2 is 2.00 bits per heavy atom. The van der Waals surface area contributed by atoms with E-state index in [1.165, 1.54) is 16.2 Å². The van der Waals surface area contributed by atoms with Gasteiger partial charge in [-0.2, -0.15) is 0 Å². The maximum atomic E-state index is 13.1. The number of benzene rings is 1. The summed E-state index contributed by atoms with van der Waals surface area (Å²) in [6.07, 6.45) is 6.24. The summed E-state index contributed by atoms with van der Waals surface area (Å²) in [6, 6.07) is 11.3. The van der Waals surface area contributed by atoms with Gasteiger partial charge in [0, 0.05) is 34.8 Å². The summed E-state index contributed by atoms with van der Waals surface area (Å²) < 4.78 is 5.80. The Kier molecular flexibility index (Phi) is 5.03. The van der Waals surface area contributed by atoms with Crippen molar-refractivity contribution in [2.24, 2.45) is 0 Å². The van der Waals surface area contributed by atoms with Crippen LogP contribution in [0.3, 0.4) is 0 Å². The van der Waals surface area contributed by atoms with Gasteiger partial charge in [-0.05, 0) is 49.4 Å². The lowest BCUT2D eigenvalue weighted by atomic mass is 10.1. The minimum Gasteiger partial charge on any atom is -0.451 e. The van der Waals surface area contributed by atoms with Crippen LogP contribution in [0, 0.1) is 6.92 Å². The fourth-order valence-electron chi connectivity index (χ4n) is 4.06. The summed E-state index contributed by atoms with van der Waals surface area (Å²) in [6.45, 7) is 2.25. The molecule has 4 aromatic rings. The van der Waals surface area contributed by atoms with Gasteiger partial charge in [-0.25, -0.2) is 0 Å². The number of aromatic nitrogens is 1. The van der Waals surface area contributed by atoms with Crippen LogP contribution in [0.4, 0.5) is 5.00 Å². The summed E-state index contributed by atoms with van der Waals surface area (Å²) in [5.41, 5.74) is 4.01. The van der Waals surface area contributed by atoms with Crippen molar-refractivity contribution >= 4 is 39.1 Å². The topological polar surface area (TPSA) is 84.2 Å². The first kappa shape index (κ1) is 19.5. The largest absolute Gasteiger partial charge is 0.451 e. The number of hydrogen-bond donors (Lipinski definition) is 2. The third kappa shape index (κ3) is 3.61. The van der Waals surface area contributed by atoms with Gasteiger partial charge in [0.15, 0.2) is 5.76 Å². The van der Waals surface area contributed by atoms with Gasteiger partial charge in [0.2, 0.25) is 0 Å². The zero-order valence-corrected chi connectivity index (χ0v) is 17.8. The second-order valence-electron chi connectivity index (χ2n) is 7.61. The van der Waals surface area contributed by atoms with Crippen LogP contribution >= 0.6 is 11.3 Å². The summed E-state index contributed by atoms with van der Waals surface area (Å²) in [5, 5.41) is 7.41. The van der Waals surface area contributed by atoms with Gasteiger partial charge >= 0.3 is 0 Å². The lowest BCUT2D eigenvalue weighted by molar-refractivity contribution is 0.0951. The normalized spacial score (nSPS) is 12.7. The molecule has 2 amide bonds. The van der Waals surface area contributed by atoms with Crippen molar-refractivity contribution in [1.82, 2.24) is 10.3 Å². The highest BCUT2D eigenvalue weighted by atomic mass is 32.1. The predicted octanol–water partition coefficient (Wildman–Crippen LogP) is 4.87. The van der Waals surface area contributed by atoms with Gasteiger partial charge < -0.3 is 15.1 Å². The first-order chi connectivity index (χ1) is 15.1. The fraction of sp³-hybridized carbons (Fsp3) is 0.208. The quantitative estimate of drug-likeness (QED) is 0.472. The third-order valence-electron chi connectivity index (χ3n) is 5.60. The zero-order chi connectivity index (χ0) is 21.4. The maximum Gasteiger partial charge on any atom is 0.292 e. The van der Waals surface area contributed by atoms with Crippen LogP contribution in [0.1, 0.15) is 48.9 Å². The SMILES string of the molecule is Cc1c(C(=O)Nc2sc3c(c2C(=O)NCc2cccnc2)CCC3)oc2ccccc12. The van der Waals surface area contributed by atoms with Crippen LogP contribution in [0.25, 0.3) is 11.0 Å². The highest BCUT2D eigenvalue weighted by molar-refractivity contribution is 7.17. The Morgan fingerprint density at radius 1 is 1.13 bits per heavy atom. The van der Waals surface area contributed by atoms with Crippen molar-refractivity contribution in [2.75, 3.05) is 5.32 Å². The molecule has 7 heteroatoms. The number of pyridine rings is 1. The molecule has 0 atom stereocenters. The Morgan fingerprint density at radius 3 is 2.81 bits per heavy atom. The molecular formula is C24H21N3O3S. The summed E-state index contributed by atoms with van der Waals surface area (Å²) in [5.74, 6) is -0.244. The van der Waals surface area contributed by atoms with E-state index in [1.807, 2.05) is 43.3 Å². The lowest BCUT2D eigenvalue weighted by Crippen LogP contribution is -2.25. The Bertz CT molecular complexity index is 1290. The van der Waals surface area contributed by atoms with Gasteiger partial charge in [-0.3, -0.25) is 14.6 Å². The zero-order valence-electron chi connectivity index (χ0n) is 17.0. The molecule has 156 valence electrons.